The van der Waals surface area contributed by atoms with E-state index in [1.807, 2.05) is 6.92 Å². The minimum Gasteiger partial charge on any atom is -0.351 e. The molecule has 0 bridgehead atoms. The number of piperidine rings is 1. The molecule has 0 aliphatic carbocycles. The van der Waals surface area contributed by atoms with Crippen LogP contribution < -0.4 is 21.7 Å². The highest BCUT2D eigenvalue weighted by molar-refractivity contribution is 5.98. The molecule has 0 radical (unpaired) electrons. The van der Waals surface area contributed by atoms with E-state index in [-0.39, 0.29) is 18.3 Å². The number of rotatable bonds is 3. The monoisotopic (exact) mass is 312 g/mol. The first kappa shape index (κ1) is 17.3. The van der Waals surface area contributed by atoms with Crippen LogP contribution in [0.1, 0.15) is 26.2 Å². The number of carbonyl (C=O) groups excluding carboxylic acids is 2. The SMILES string of the molecule is CC1(C(=O)Nc2ccc(NC(N)=O)cc2)CCCCN1.Cl. The van der Waals surface area contributed by atoms with Crippen molar-refractivity contribution in [3.8, 4) is 0 Å². The predicted octanol–water partition coefficient (Wildman–Crippen LogP) is 2.07. The number of anilines is 2. The Bertz CT molecular complexity index is 498. The molecule has 1 aromatic carbocycles. The number of halogens is 1. The van der Waals surface area contributed by atoms with Crippen molar-refractivity contribution in [2.75, 3.05) is 17.2 Å². The summed E-state index contributed by atoms with van der Waals surface area (Å²) >= 11 is 0. The van der Waals surface area contributed by atoms with Crippen LogP contribution in [0.2, 0.25) is 0 Å². The molecule has 6 nitrogen and oxygen atoms in total. The lowest BCUT2D eigenvalue weighted by Crippen LogP contribution is -2.54. The summed E-state index contributed by atoms with van der Waals surface area (Å²) in [6, 6.07) is 6.24. The van der Waals surface area contributed by atoms with Gasteiger partial charge in [-0.25, -0.2) is 4.79 Å². The molecule has 1 aromatic rings. The van der Waals surface area contributed by atoms with Gasteiger partial charge in [0.05, 0.1) is 5.54 Å². The van der Waals surface area contributed by atoms with Crippen molar-refractivity contribution < 1.29 is 9.59 Å². The molecule has 1 aliphatic rings. The Morgan fingerprint density at radius 1 is 1.14 bits per heavy atom. The molecular formula is C14H21ClN4O2. The second kappa shape index (κ2) is 7.28. The minimum atomic E-state index is -0.610. The Morgan fingerprint density at radius 2 is 1.71 bits per heavy atom. The third-order valence-electron chi connectivity index (χ3n) is 3.53. The minimum absolute atomic E-state index is 0. The summed E-state index contributed by atoms with van der Waals surface area (Å²) in [5.41, 5.74) is 5.81. The maximum atomic E-state index is 12.3. The highest BCUT2D eigenvalue weighted by Crippen LogP contribution is 2.21. The van der Waals surface area contributed by atoms with Crippen molar-refractivity contribution in [1.29, 1.82) is 0 Å². The van der Waals surface area contributed by atoms with E-state index >= 15 is 0 Å². The molecular weight excluding hydrogens is 292 g/mol. The first-order chi connectivity index (χ1) is 9.49. The highest BCUT2D eigenvalue weighted by Gasteiger charge is 2.34. The number of hydrogen-bond donors (Lipinski definition) is 4. The fourth-order valence-electron chi connectivity index (χ4n) is 2.30. The first-order valence-corrected chi connectivity index (χ1v) is 6.73. The zero-order chi connectivity index (χ0) is 14.6. The summed E-state index contributed by atoms with van der Waals surface area (Å²) in [4.78, 5) is 23.0. The Labute approximate surface area is 130 Å². The maximum absolute atomic E-state index is 12.3. The van der Waals surface area contributed by atoms with E-state index in [2.05, 4.69) is 16.0 Å². The van der Waals surface area contributed by atoms with E-state index in [4.69, 9.17) is 5.73 Å². The number of urea groups is 1. The largest absolute Gasteiger partial charge is 0.351 e. The zero-order valence-electron chi connectivity index (χ0n) is 11.9. The van der Waals surface area contributed by atoms with Crippen LogP contribution in [0.25, 0.3) is 0 Å². The fraction of sp³-hybridized carbons (Fsp3) is 0.429. The van der Waals surface area contributed by atoms with Crippen molar-refractivity contribution in [2.45, 2.75) is 31.7 Å². The molecule has 1 unspecified atom stereocenters. The van der Waals surface area contributed by atoms with Crippen molar-refractivity contribution in [3.05, 3.63) is 24.3 Å². The second-order valence-electron chi connectivity index (χ2n) is 5.24. The fourth-order valence-corrected chi connectivity index (χ4v) is 2.30. The number of benzene rings is 1. The van der Waals surface area contributed by atoms with Gasteiger partial charge < -0.3 is 21.7 Å². The van der Waals surface area contributed by atoms with Crippen molar-refractivity contribution >= 4 is 35.7 Å². The van der Waals surface area contributed by atoms with E-state index in [0.717, 1.165) is 25.8 Å². The van der Waals surface area contributed by atoms with Gasteiger partial charge in [-0.2, -0.15) is 0 Å². The molecule has 116 valence electrons. The van der Waals surface area contributed by atoms with Crippen LogP contribution in [-0.4, -0.2) is 24.0 Å². The number of nitrogens with one attached hydrogen (secondary N) is 3. The van der Waals surface area contributed by atoms with Crippen LogP contribution in [0.15, 0.2) is 24.3 Å². The van der Waals surface area contributed by atoms with Crippen molar-refractivity contribution in [3.63, 3.8) is 0 Å². The zero-order valence-corrected chi connectivity index (χ0v) is 12.8. The molecule has 1 aliphatic heterocycles. The van der Waals surface area contributed by atoms with E-state index in [9.17, 15) is 9.59 Å². The van der Waals surface area contributed by atoms with E-state index < -0.39 is 11.6 Å². The Balaban J connectivity index is 0.00000220. The molecule has 0 aromatic heterocycles. The van der Waals surface area contributed by atoms with Gasteiger partial charge in [-0.1, -0.05) is 0 Å². The van der Waals surface area contributed by atoms with Crippen LogP contribution in [0, 0.1) is 0 Å². The van der Waals surface area contributed by atoms with Gasteiger partial charge in [0.2, 0.25) is 5.91 Å². The van der Waals surface area contributed by atoms with Crippen LogP contribution in [0.4, 0.5) is 16.2 Å². The molecule has 1 fully saturated rings. The number of amides is 3. The van der Waals surface area contributed by atoms with Gasteiger partial charge in [0.15, 0.2) is 0 Å². The van der Waals surface area contributed by atoms with Crippen molar-refractivity contribution in [2.24, 2.45) is 5.73 Å². The Morgan fingerprint density at radius 3 is 2.19 bits per heavy atom. The average Bonchev–Trinajstić information content (AvgIpc) is 2.41. The lowest BCUT2D eigenvalue weighted by molar-refractivity contribution is -0.122. The third kappa shape index (κ3) is 4.61. The van der Waals surface area contributed by atoms with Gasteiger partial charge in [-0.05, 0) is 57.0 Å². The van der Waals surface area contributed by atoms with E-state index in [1.165, 1.54) is 0 Å². The van der Waals surface area contributed by atoms with E-state index in [1.54, 1.807) is 24.3 Å². The molecule has 7 heteroatoms. The van der Waals surface area contributed by atoms with Gasteiger partial charge in [0.25, 0.3) is 0 Å². The van der Waals surface area contributed by atoms with Crippen LogP contribution in [-0.2, 0) is 4.79 Å². The van der Waals surface area contributed by atoms with E-state index in [0.29, 0.717) is 11.4 Å². The van der Waals surface area contributed by atoms with Crippen LogP contribution in [0.3, 0.4) is 0 Å². The number of hydrogen-bond acceptors (Lipinski definition) is 3. The average molecular weight is 313 g/mol. The van der Waals surface area contributed by atoms with Crippen LogP contribution in [0.5, 0.6) is 0 Å². The molecule has 5 N–H and O–H groups in total. The summed E-state index contributed by atoms with van der Waals surface area (Å²) in [5.74, 6) is -0.0344. The lowest BCUT2D eigenvalue weighted by atomic mass is 9.90. The van der Waals surface area contributed by atoms with Crippen LogP contribution >= 0.6 is 12.4 Å². The summed E-state index contributed by atoms with van der Waals surface area (Å²) in [5, 5.41) is 8.62. The van der Waals surface area contributed by atoms with Gasteiger partial charge in [0.1, 0.15) is 0 Å². The predicted molar refractivity (Wildman–Crippen MR) is 85.8 cm³/mol. The van der Waals surface area contributed by atoms with Gasteiger partial charge in [-0.15, -0.1) is 12.4 Å². The lowest BCUT2D eigenvalue weighted by Gasteiger charge is -2.33. The Hall–Kier alpha value is -1.79. The maximum Gasteiger partial charge on any atom is 0.316 e. The standard InChI is InChI=1S/C14H20N4O2.ClH/c1-14(8-2-3-9-16-14)12(19)17-10-4-6-11(7-5-10)18-13(15)20;/h4-7,16H,2-3,8-9H2,1H3,(H,17,19)(H3,15,18,20);1H. The molecule has 3 amide bonds. The van der Waals surface area contributed by atoms with Crippen molar-refractivity contribution in [1.82, 2.24) is 5.32 Å². The summed E-state index contributed by atoms with van der Waals surface area (Å²) < 4.78 is 0. The number of nitrogens with two attached hydrogens (primary N) is 1. The quantitative estimate of drug-likeness (QED) is 0.688. The molecule has 1 atom stereocenters. The molecule has 2 rings (SSSR count). The Kier molecular flexibility index (Phi) is 5.99. The topological polar surface area (TPSA) is 96.2 Å². The third-order valence-corrected chi connectivity index (χ3v) is 3.53. The molecule has 0 saturated carbocycles. The van der Waals surface area contributed by atoms with Gasteiger partial charge >= 0.3 is 6.03 Å². The first-order valence-electron chi connectivity index (χ1n) is 6.73. The highest BCUT2D eigenvalue weighted by atomic mass is 35.5. The summed E-state index contributed by atoms with van der Waals surface area (Å²) in [6.45, 7) is 2.79. The second-order valence-corrected chi connectivity index (χ2v) is 5.24. The molecule has 1 saturated heterocycles. The summed E-state index contributed by atoms with van der Waals surface area (Å²) in [6.07, 6.45) is 2.99. The molecule has 0 spiro atoms. The van der Waals surface area contributed by atoms with Gasteiger partial charge in [-0.3, -0.25) is 4.79 Å². The molecule has 21 heavy (non-hydrogen) atoms. The number of primary amides is 1. The number of carbonyl (C=O) groups is 2. The molecule has 1 heterocycles. The normalized spacial score (nSPS) is 21.0. The van der Waals surface area contributed by atoms with Gasteiger partial charge in [0, 0.05) is 11.4 Å². The smallest absolute Gasteiger partial charge is 0.316 e. The summed E-state index contributed by atoms with van der Waals surface area (Å²) in [7, 11) is 0.